The zero-order valence-electron chi connectivity index (χ0n) is 10.3. The summed E-state index contributed by atoms with van der Waals surface area (Å²) in [5.41, 5.74) is 7.32. The summed E-state index contributed by atoms with van der Waals surface area (Å²) in [4.78, 5) is 0.0881. The molecule has 18 heavy (non-hydrogen) atoms. The molecule has 0 aromatic heterocycles. The van der Waals surface area contributed by atoms with Crippen molar-refractivity contribution in [3.63, 3.8) is 0 Å². The third kappa shape index (κ3) is 3.42. The molecular weight excluding hydrogens is 256 g/mol. The maximum Gasteiger partial charge on any atom is 0.241 e. The molecule has 6 nitrogen and oxygen atoms in total. The summed E-state index contributed by atoms with van der Waals surface area (Å²) < 4.78 is 26.3. The number of aliphatic hydroxyl groups is 2. The monoisotopic (exact) mass is 274 g/mol. The first-order valence-corrected chi connectivity index (χ1v) is 6.91. The predicted octanol–water partition coefficient (Wildman–Crippen LogP) is -0.483. The Balaban J connectivity index is 3.05. The molecule has 0 aliphatic carbocycles. The maximum atomic E-state index is 12.0. The number of anilines is 1. The lowest BCUT2D eigenvalue weighted by atomic mass is 10.1. The molecule has 0 aliphatic heterocycles. The average Bonchev–Trinajstić information content (AvgIpc) is 2.30. The Morgan fingerprint density at radius 2 is 2.00 bits per heavy atom. The first-order chi connectivity index (χ1) is 8.27. The van der Waals surface area contributed by atoms with E-state index >= 15 is 0 Å². The molecule has 0 saturated heterocycles. The molecule has 102 valence electrons. The second-order valence-electron chi connectivity index (χ2n) is 4.17. The van der Waals surface area contributed by atoms with Gasteiger partial charge in [-0.05, 0) is 37.1 Å². The van der Waals surface area contributed by atoms with Crippen LogP contribution in [0.5, 0.6) is 0 Å². The summed E-state index contributed by atoms with van der Waals surface area (Å²) in [5.74, 6) is 0. The van der Waals surface area contributed by atoms with Crippen LogP contribution >= 0.6 is 0 Å². The molecule has 1 aromatic carbocycles. The third-order valence-corrected chi connectivity index (χ3v) is 4.10. The van der Waals surface area contributed by atoms with Crippen molar-refractivity contribution in [3.05, 3.63) is 23.3 Å². The molecule has 0 aliphatic rings. The number of nitrogens with two attached hydrogens (primary N) is 1. The lowest BCUT2D eigenvalue weighted by Gasteiger charge is -2.13. The van der Waals surface area contributed by atoms with E-state index in [2.05, 4.69) is 4.72 Å². The Bertz CT molecular complexity index is 528. The van der Waals surface area contributed by atoms with E-state index in [0.717, 1.165) is 5.56 Å². The third-order valence-electron chi connectivity index (χ3n) is 2.55. The van der Waals surface area contributed by atoms with E-state index in [1.807, 2.05) is 0 Å². The van der Waals surface area contributed by atoms with E-state index in [1.54, 1.807) is 19.9 Å². The van der Waals surface area contributed by atoms with E-state index in [4.69, 9.17) is 15.9 Å². The van der Waals surface area contributed by atoms with E-state index in [9.17, 15) is 8.42 Å². The molecule has 1 rings (SSSR count). The van der Waals surface area contributed by atoms with Crippen molar-refractivity contribution in [2.45, 2.75) is 24.8 Å². The van der Waals surface area contributed by atoms with Crippen LogP contribution in [0.3, 0.4) is 0 Å². The van der Waals surface area contributed by atoms with Crippen LogP contribution in [0.2, 0.25) is 0 Å². The number of benzene rings is 1. The summed E-state index contributed by atoms with van der Waals surface area (Å²) >= 11 is 0. The second kappa shape index (κ2) is 5.66. The van der Waals surface area contributed by atoms with E-state index in [1.165, 1.54) is 6.07 Å². The highest BCUT2D eigenvalue weighted by molar-refractivity contribution is 7.89. The van der Waals surface area contributed by atoms with Crippen LogP contribution in [0.15, 0.2) is 17.0 Å². The van der Waals surface area contributed by atoms with Gasteiger partial charge in [-0.3, -0.25) is 0 Å². The standard InChI is InChI=1S/C11H18N2O4S/c1-7-3-10(12)8(2)11(4-7)18(16,17)13-5-9(15)6-14/h3-4,9,13-15H,5-6,12H2,1-2H3. The van der Waals surface area contributed by atoms with Crippen LogP contribution in [-0.4, -0.2) is 37.9 Å². The Kier molecular flexibility index (Phi) is 4.69. The summed E-state index contributed by atoms with van der Waals surface area (Å²) in [6, 6.07) is 3.20. The van der Waals surface area contributed by atoms with Crippen LogP contribution in [-0.2, 0) is 10.0 Å². The van der Waals surface area contributed by atoms with Crippen LogP contribution < -0.4 is 10.5 Å². The van der Waals surface area contributed by atoms with Crippen molar-refractivity contribution in [2.24, 2.45) is 0 Å². The fourth-order valence-electron chi connectivity index (χ4n) is 1.48. The molecule has 0 heterocycles. The number of aryl methyl sites for hydroxylation is 1. The Labute approximate surface area is 106 Å². The molecule has 0 radical (unpaired) electrons. The zero-order valence-corrected chi connectivity index (χ0v) is 11.2. The molecular formula is C11H18N2O4S. The number of aliphatic hydroxyl groups excluding tert-OH is 2. The van der Waals surface area contributed by atoms with Gasteiger partial charge in [-0.1, -0.05) is 0 Å². The van der Waals surface area contributed by atoms with Gasteiger partial charge in [0.25, 0.3) is 0 Å². The lowest BCUT2D eigenvalue weighted by Crippen LogP contribution is -2.34. The van der Waals surface area contributed by atoms with Crippen molar-refractivity contribution in [3.8, 4) is 0 Å². The average molecular weight is 274 g/mol. The largest absolute Gasteiger partial charge is 0.398 e. The SMILES string of the molecule is Cc1cc(N)c(C)c(S(=O)(=O)NCC(O)CO)c1. The summed E-state index contributed by atoms with van der Waals surface area (Å²) in [6.07, 6.45) is -1.12. The van der Waals surface area contributed by atoms with Gasteiger partial charge in [-0.2, -0.15) is 0 Å². The molecule has 7 heteroatoms. The van der Waals surface area contributed by atoms with Crippen molar-refractivity contribution < 1.29 is 18.6 Å². The highest BCUT2D eigenvalue weighted by atomic mass is 32.2. The number of hydrogen-bond donors (Lipinski definition) is 4. The molecule has 0 amide bonds. The summed E-state index contributed by atoms with van der Waals surface area (Å²) in [7, 11) is -3.74. The minimum absolute atomic E-state index is 0.0881. The van der Waals surface area contributed by atoms with Gasteiger partial charge in [-0.15, -0.1) is 0 Å². The molecule has 0 bridgehead atoms. The minimum atomic E-state index is -3.74. The molecule has 1 unspecified atom stereocenters. The van der Waals surface area contributed by atoms with Crippen molar-refractivity contribution in [1.82, 2.24) is 4.72 Å². The number of hydrogen-bond acceptors (Lipinski definition) is 5. The first kappa shape index (κ1) is 14.9. The Morgan fingerprint density at radius 1 is 1.39 bits per heavy atom. The smallest absolute Gasteiger partial charge is 0.241 e. The molecule has 1 aromatic rings. The number of nitrogens with one attached hydrogen (secondary N) is 1. The van der Waals surface area contributed by atoms with Gasteiger partial charge in [-0.25, -0.2) is 13.1 Å². The highest BCUT2D eigenvalue weighted by Gasteiger charge is 2.19. The van der Waals surface area contributed by atoms with Crippen LogP contribution in [0.25, 0.3) is 0 Å². The summed E-state index contributed by atoms with van der Waals surface area (Å²) in [6.45, 7) is 2.62. The topological polar surface area (TPSA) is 113 Å². The summed E-state index contributed by atoms with van der Waals surface area (Å²) in [5, 5.41) is 17.8. The minimum Gasteiger partial charge on any atom is -0.398 e. The fourth-order valence-corrected chi connectivity index (χ4v) is 2.91. The van der Waals surface area contributed by atoms with Gasteiger partial charge < -0.3 is 15.9 Å². The van der Waals surface area contributed by atoms with E-state index in [-0.39, 0.29) is 11.4 Å². The van der Waals surface area contributed by atoms with Gasteiger partial charge in [0.1, 0.15) is 0 Å². The van der Waals surface area contributed by atoms with Crippen LogP contribution in [0.4, 0.5) is 5.69 Å². The number of rotatable bonds is 5. The number of sulfonamides is 1. The van der Waals surface area contributed by atoms with Gasteiger partial charge >= 0.3 is 0 Å². The Morgan fingerprint density at radius 3 is 2.56 bits per heavy atom. The molecule has 0 fully saturated rings. The molecule has 5 N–H and O–H groups in total. The highest BCUT2D eigenvalue weighted by Crippen LogP contribution is 2.22. The van der Waals surface area contributed by atoms with Gasteiger partial charge in [0.05, 0.1) is 17.6 Å². The number of nitrogen functional groups attached to an aromatic ring is 1. The van der Waals surface area contributed by atoms with Crippen molar-refractivity contribution in [1.29, 1.82) is 0 Å². The predicted molar refractivity (Wildman–Crippen MR) is 68.6 cm³/mol. The fraction of sp³-hybridized carbons (Fsp3) is 0.455. The molecule has 0 saturated carbocycles. The van der Waals surface area contributed by atoms with E-state index in [0.29, 0.717) is 11.3 Å². The normalized spacial score (nSPS) is 13.6. The maximum absolute atomic E-state index is 12.0. The van der Waals surface area contributed by atoms with Gasteiger partial charge in [0, 0.05) is 12.2 Å². The van der Waals surface area contributed by atoms with Crippen molar-refractivity contribution in [2.75, 3.05) is 18.9 Å². The Hall–Kier alpha value is -1.15. The van der Waals surface area contributed by atoms with Gasteiger partial charge in [0.15, 0.2) is 0 Å². The quantitative estimate of drug-likeness (QED) is 0.542. The first-order valence-electron chi connectivity index (χ1n) is 5.43. The molecule has 0 spiro atoms. The zero-order chi connectivity index (χ0) is 13.9. The lowest BCUT2D eigenvalue weighted by molar-refractivity contribution is 0.0988. The molecule has 1 atom stereocenters. The van der Waals surface area contributed by atoms with Crippen molar-refractivity contribution >= 4 is 15.7 Å². The van der Waals surface area contributed by atoms with E-state index < -0.39 is 22.7 Å². The van der Waals surface area contributed by atoms with Crippen LogP contribution in [0, 0.1) is 13.8 Å². The van der Waals surface area contributed by atoms with Gasteiger partial charge in [0.2, 0.25) is 10.0 Å². The second-order valence-corrected chi connectivity index (χ2v) is 5.90. The van der Waals surface area contributed by atoms with Crippen LogP contribution in [0.1, 0.15) is 11.1 Å².